The van der Waals surface area contributed by atoms with Crippen LogP contribution in [0, 0.1) is 18.8 Å². The maximum Gasteiger partial charge on any atom is 0.307 e. The van der Waals surface area contributed by atoms with E-state index in [0.29, 0.717) is 15.9 Å². The first-order valence-corrected chi connectivity index (χ1v) is 13.5. The number of sulfonamides is 1. The number of thiophene rings is 1. The molecule has 184 valence electrons. The maximum atomic E-state index is 13.1. The summed E-state index contributed by atoms with van der Waals surface area (Å²) in [5.41, 5.74) is 2.86. The van der Waals surface area contributed by atoms with E-state index < -0.39 is 22.0 Å². The Morgan fingerprint density at radius 3 is 2.46 bits per heavy atom. The zero-order chi connectivity index (χ0) is 25.5. The third-order valence-corrected chi connectivity index (χ3v) is 7.95. The molecule has 3 rings (SSSR count). The monoisotopic (exact) mass is 511 g/mol. The van der Waals surface area contributed by atoms with E-state index in [1.807, 2.05) is 82.7 Å². The van der Waals surface area contributed by atoms with Crippen LogP contribution >= 0.6 is 11.3 Å². The molecule has 0 aliphatic heterocycles. The Hall–Kier alpha value is -2.96. The van der Waals surface area contributed by atoms with Gasteiger partial charge in [-0.15, -0.1) is 11.3 Å². The molecule has 1 N–H and O–H groups in total. The highest BCUT2D eigenvalue weighted by molar-refractivity contribution is 7.91. The van der Waals surface area contributed by atoms with Crippen LogP contribution in [0.5, 0.6) is 0 Å². The molecule has 3 aromatic rings. The minimum absolute atomic E-state index is 0.0625. The van der Waals surface area contributed by atoms with Gasteiger partial charge in [0.1, 0.15) is 10.8 Å². The number of hydrogen-bond acceptors (Lipinski definition) is 5. The number of esters is 1. The van der Waals surface area contributed by atoms with Crippen molar-refractivity contribution in [1.82, 2.24) is 4.72 Å². The van der Waals surface area contributed by atoms with Crippen LogP contribution in [0.15, 0.2) is 70.9 Å². The fraction of sp³-hybridized carbons (Fsp3) is 0.296. The summed E-state index contributed by atoms with van der Waals surface area (Å²) in [6.45, 7) is 2.57. The number of likely N-dealkylation sites (N-methyl/N-ethyl adjacent to an activating group) is 1. The predicted octanol–water partition coefficient (Wildman–Crippen LogP) is 3.94. The number of quaternary nitrogens is 1. The summed E-state index contributed by atoms with van der Waals surface area (Å²) in [6.07, 6.45) is -0.0625. The van der Waals surface area contributed by atoms with Gasteiger partial charge >= 0.3 is 5.97 Å². The number of nitrogens with zero attached hydrogens (tertiary/aromatic N) is 1. The second-order valence-electron chi connectivity index (χ2n) is 9.38. The van der Waals surface area contributed by atoms with Gasteiger partial charge in [-0.05, 0) is 42.3 Å². The first kappa shape index (κ1) is 26.6. The van der Waals surface area contributed by atoms with Crippen LogP contribution in [0.25, 0.3) is 0 Å². The molecule has 35 heavy (non-hydrogen) atoms. The third-order valence-electron chi connectivity index (χ3n) is 4.94. The summed E-state index contributed by atoms with van der Waals surface area (Å²) in [6, 6.07) is 19.8. The smallest absolute Gasteiger partial charge is 0.307 e. The first-order valence-electron chi connectivity index (χ1n) is 11.2. The Bertz CT molecular complexity index is 1310. The lowest BCUT2D eigenvalue weighted by molar-refractivity contribution is -0.871. The SMILES string of the molecule is Cc1cccc(C#Cc2ccc(S(=O)(=O)NC(CC(=O)OCc3ccccc3)C[N+](C)(C)C)s2)c1. The topological polar surface area (TPSA) is 72.5 Å². The number of hydrogen-bond donors (Lipinski definition) is 1. The summed E-state index contributed by atoms with van der Waals surface area (Å²) in [5, 5.41) is 0. The van der Waals surface area contributed by atoms with Crippen LogP contribution in [-0.2, 0) is 26.2 Å². The van der Waals surface area contributed by atoms with E-state index in [9.17, 15) is 13.2 Å². The van der Waals surface area contributed by atoms with E-state index in [-0.39, 0.29) is 17.2 Å². The van der Waals surface area contributed by atoms with Crippen molar-refractivity contribution < 1.29 is 22.4 Å². The van der Waals surface area contributed by atoms with Gasteiger partial charge in [0.25, 0.3) is 10.0 Å². The maximum absolute atomic E-state index is 13.1. The van der Waals surface area contributed by atoms with Crippen LogP contribution in [0.2, 0.25) is 0 Å². The van der Waals surface area contributed by atoms with Gasteiger partial charge < -0.3 is 9.22 Å². The van der Waals surface area contributed by atoms with Crippen LogP contribution in [-0.4, -0.2) is 52.6 Å². The normalized spacial score (nSPS) is 12.5. The highest BCUT2D eigenvalue weighted by Crippen LogP contribution is 2.22. The number of carbonyl (C=O) groups is 1. The highest BCUT2D eigenvalue weighted by atomic mass is 32.2. The number of ether oxygens (including phenoxy) is 1. The summed E-state index contributed by atoms with van der Waals surface area (Å²) < 4.78 is 35.0. The van der Waals surface area contributed by atoms with Gasteiger partial charge in [0.05, 0.1) is 45.0 Å². The van der Waals surface area contributed by atoms with Crippen molar-refractivity contribution in [2.75, 3.05) is 27.7 Å². The Morgan fingerprint density at radius 1 is 1.03 bits per heavy atom. The van der Waals surface area contributed by atoms with E-state index >= 15 is 0 Å². The van der Waals surface area contributed by atoms with Crippen LogP contribution < -0.4 is 4.72 Å². The molecule has 8 heteroatoms. The molecule has 0 saturated carbocycles. The Balaban J connectivity index is 1.69. The number of rotatable bonds is 9. The van der Waals surface area contributed by atoms with E-state index in [2.05, 4.69) is 16.6 Å². The molecular formula is C27H31N2O4S2+. The van der Waals surface area contributed by atoms with Gasteiger partial charge in [-0.1, -0.05) is 54.3 Å². The van der Waals surface area contributed by atoms with Gasteiger partial charge in [0, 0.05) is 5.56 Å². The molecular weight excluding hydrogens is 480 g/mol. The second-order valence-corrected chi connectivity index (χ2v) is 12.4. The zero-order valence-electron chi connectivity index (χ0n) is 20.4. The van der Waals surface area contributed by atoms with Crippen molar-refractivity contribution in [3.63, 3.8) is 0 Å². The standard InChI is InChI=1S/C27H31N2O4S2/c1-21-9-8-12-22(17-21)13-14-25-15-16-27(34-25)35(31,32)28-24(19-29(2,3)4)18-26(30)33-20-23-10-6-5-7-11-23/h5-12,15-17,24,28H,18-20H2,1-4H3/q+1. The van der Waals surface area contributed by atoms with Gasteiger partial charge in [-0.2, -0.15) is 0 Å². The Labute approximate surface area is 212 Å². The predicted molar refractivity (Wildman–Crippen MR) is 139 cm³/mol. The molecule has 0 saturated heterocycles. The molecule has 6 nitrogen and oxygen atoms in total. The molecule has 2 aromatic carbocycles. The fourth-order valence-corrected chi connectivity index (χ4v) is 5.87. The van der Waals surface area contributed by atoms with Crippen LogP contribution in [0.3, 0.4) is 0 Å². The zero-order valence-corrected chi connectivity index (χ0v) is 22.1. The number of aryl methyl sites for hydroxylation is 1. The van der Waals surface area contributed by atoms with Gasteiger partial charge in [-0.25, -0.2) is 13.1 Å². The van der Waals surface area contributed by atoms with Crippen molar-refractivity contribution in [3.8, 4) is 11.8 Å². The van der Waals surface area contributed by atoms with Crippen molar-refractivity contribution in [1.29, 1.82) is 0 Å². The summed E-state index contributed by atoms with van der Waals surface area (Å²) in [7, 11) is 2.01. The lowest BCUT2D eigenvalue weighted by Gasteiger charge is -2.29. The number of benzene rings is 2. The molecule has 0 spiro atoms. The fourth-order valence-electron chi connectivity index (χ4n) is 3.47. The molecule has 0 aliphatic carbocycles. The van der Waals surface area contributed by atoms with Crippen LogP contribution in [0.4, 0.5) is 0 Å². The summed E-state index contributed by atoms with van der Waals surface area (Å²) >= 11 is 1.10. The van der Waals surface area contributed by atoms with E-state index in [0.717, 1.165) is 28.0 Å². The molecule has 0 bridgehead atoms. The third kappa shape index (κ3) is 8.96. The molecule has 1 unspecified atom stereocenters. The minimum Gasteiger partial charge on any atom is -0.461 e. The lowest BCUT2D eigenvalue weighted by atomic mass is 10.1. The second kappa shape index (κ2) is 11.6. The Morgan fingerprint density at radius 2 is 1.77 bits per heavy atom. The first-order chi connectivity index (χ1) is 16.5. The Kier molecular flexibility index (Phi) is 8.87. The van der Waals surface area contributed by atoms with Crippen LogP contribution in [0.1, 0.15) is 28.0 Å². The van der Waals surface area contributed by atoms with Crippen molar-refractivity contribution in [3.05, 3.63) is 88.3 Å². The molecule has 0 amide bonds. The molecule has 0 radical (unpaired) electrons. The average molecular weight is 512 g/mol. The van der Waals surface area contributed by atoms with Crippen molar-refractivity contribution in [2.45, 2.75) is 30.2 Å². The highest BCUT2D eigenvalue weighted by Gasteiger charge is 2.28. The summed E-state index contributed by atoms with van der Waals surface area (Å²) in [4.78, 5) is 13.2. The van der Waals surface area contributed by atoms with E-state index in [1.54, 1.807) is 12.1 Å². The number of nitrogens with one attached hydrogen (secondary N) is 1. The van der Waals surface area contributed by atoms with Gasteiger partial charge in [0.15, 0.2) is 0 Å². The molecule has 0 aliphatic rings. The molecule has 0 fully saturated rings. The largest absolute Gasteiger partial charge is 0.461 e. The van der Waals surface area contributed by atoms with E-state index in [4.69, 9.17) is 4.74 Å². The quantitative estimate of drug-likeness (QED) is 0.268. The van der Waals surface area contributed by atoms with Gasteiger partial charge in [-0.3, -0.25) is 4.79 Å². The number of carbonyl (C=O) groups excluding carboxylic acids is 1. The average Bonchev–Trinajstić information content (AvgIpc) is 3.26. The van der Waals surface area contributed by atoms with Gasteiger partial charge in [0.2, 0.25) is 0 Å². The minimum atomic E-state index is -3.83. The molecule has 1 heterocycles. The van der Waals surface area contributed by atoms with E-state index in [1.165, 1.54) is 0 Å². The molecule has 1 atom stereocenters. The van der Waals surface area contributed by atoms with Crippen molar-refractivity contribution in [2.24, 2.45) is 0 Å². The summed E-state index contributed by atoms with van der Waals surface area (Å²) in [5.74, 6) is 5.66. The van der Waals surface area contributed by atoms with Crippen molar-refractivity contribution >= 4 is 27.3 Å². The lowest BCUT2D eigenvalue weighted by Crippen LogP contribution is -2.49. The molecule has 1 aromatic heterocycles.